The number of carbonyl (C=O) groups is 2. The van der Waals surface area contributed by atoms with Crippen LogP contribution in [0, 0.1) is 0 Å². The quantitative estimate of drug-likeness (QED) is 0.532. The van der Waals surface area contributed by atoms with Crippen molar-refractivity contribution in [1.82, 2.24) is 30.2 Å². The van der Waals surface area contributed by atoms with Crippen molar-refractivity contribution < 1.29 is 19.1 Å². The smallest absolute Gasteiger partial charge is 0.318 e. The first-order chi connectivity index (χ1) is 19.2. The first-order valence-electron chi connectivity index (χ1n) is 14.1. The van der Waals surface area contributed by atoms with Crippen molar-refractivity contribution in [3.63, 3.8) is 0 Å². The minimum atomic E-state index is -0.385. The molecule has 2 fully saturated rings. The highest BCUT2D eigenvalue weighted by Gasteiger charge is 2.26. The van der Waals surface area contributed by atoms with Crippen LogP contribution in [0.1, 0.15) is 27.2 Å². The third-order valence-electron chi connectivity index (χ3n) is 7.09. The van der Waals surface area contributed by atoms with Crippen molar-refractivity contribution in [2.75, 3.05) is 84.1 Å². The van der Waals surface area contributed by atoms with Gasteiger partial charge in [-0.1, -0.05) is 0 Å². The Morgan fingerprint density at radius 3 is 2.38 bits per heavy atom. The van der Waals surface area contributed by atoms with E-state index in [2.05, 4.69) is 25.3 Å². The van der Waals surface area contributed by atoms with Gasteiger partial charge in [0.15, 0.2) is 5.82 Å². The van der Waals surface area contributed by atoms with Gasteiger partial charge in [-0.15, -0.1) is 10.2 Å². The van der Waals surface area contributed by atoms with Crippen LogP contribution in [0.25, 0.3) is 11.3 Å². The van der Waals surface area contributed by atoms with E-state index in [0.717, 1.165) is 48.9 Å². The fourth-order valence-corrected chi connectivity index (χ4v) is 4.81. The van der Waals surface area contributed by atoms with Gasteiger partial charge in [-0.2, -0.15) is 0 Å². The Balaban J connectivity index is 1.34. The molecule has 0 radical (unpaired) electrons. The Morgan fingerprint density at radius 2 is 1.73 bits per heavy atom. The van der Waals surface area contributed by atoms with Gasteiger partial charge in [0, 0.05) is 63.5 Å². The molecular formula is C29H43N7O4. The van der Waals surface area contributed by atoms with Crippen molar-refractivity contribution in [2.45, 2.75) is 32.7 Å². The summed E-state index contributed by atoms with van der Waals surface area (Å²) in [5, 5.41) is 11.9. The summed E-state index contributed by atoms with van der Waals surface area (Å²) in [7, 11) is 1.64. The summed E-state index contributed by atoms with van der Waals surface area (Å²) in [4.78, 5) is 34.4. The first-order valence-corrected chi connectivity index (χ1v) is 14.1. The highest BCUT2D eigenvalue weighted by molar-refractivity contribution is 5.84. The maximum Gasteiger partial charge on any atom is 0.318 e. The highest BCUT2D eigenvalue weighted by Crippen LogP contribution is 2.22. The van der Waals surface area contributed by atoms with Gasteiger partial charge in [-0.25, -0.2) is 4.79 Å². The number of ether oxygens (including phenoxy) is 2. The van der Waals surface area contributed by atoms with Crippen LogP contribution in [-0.4, -0.2) is 122 Å². The van der Waals surface area contributed by atoms with E-state index in [-0.39, 0.29) is 24.0 Å². The number of hydrogen-bond donors (Lipinski definition) is 1. The molecule has 0 unspecified atom stereocenters. The molecule has 0 saturated carbocycles. The number of morpholine rings is 1. The van der Waals surface area contributed by atoms with Gasteiger partial charge in [0.1, 0.15) is 12.3 Å². The average Bonchev–Trinajstić information content (AvgIpc) is 3.21. The summed E-state index contributed by atoms with van der Waals surface area (Å²) in [6, 6.07) is 11.5. The molecule has 218 valence electrons. The molecule has 2 saturated heterocycles. The Hall–Kier alpha value is -3.44. The van der Waals surface area contributed by atoms with E-state index in [9.17, 15) is 9.59 Å². The highest BCUT2D eigenvalue weighted by atomic mass is 16.5. The topological polar surface area (TPSA) is 103 Å². The van der Waals surface area contributed by atoms with E-state index in [1.165, 1.54) is 0 Å². The lowest BCUT2D eigenvalue weighted by molar-refractivity contribution is -0.131. The number of methoxy groups -OCH3 is 1. The monoisotopic (exact) mass is 553 g/mol. The molecule has 11 nitrogen and oxygen atoms in total. The normalized spacial score (nSPS) is 16.8. The molecule has 0 spiro atoms. The molecule has 2 aliphatic rings. The van der Waals surface area contributed by atoms with Crippen LogP contribution >= 0.6 is 0 Å². The van der Waals surface area contributed by atoms with E-state index in [1.54, 1.807) is 12.0 Å². The first kappa shape index (κ1) is 29.5. The van der Waals surface area contributed by atoms with E-state index < -0.39 is 0 Å². The van der Waals surface area contributed by atoms with Crippen LogP contribution in [0.4, 0.5) is 10.6 Å². The van der Waals surface area contributed by atoms with Crippen molar-refractivity contribution in [3.05, 3.63) is 36.4 Å². The van der Waals surface area contributed by atoms with Crippen LogP contribution < -0.4 is 15.0 Å². The van der Waals surface area contributed by atoms with Gasteiger partial charge in [-0.05, 0) is 63.6 Å². The molecule has 1 N–H and O–H groups in total. The zero-order valence-electron chi connectivity index (χ0n) is 24.3. The molecule has 4 rings (SSSR count). The van der Waals surface area contributed by atoms with Gasteiger partial charge in [-0.3, -0.25) is 9.69 Å². The number of amides is 3. The third kappa shape index (κ3) is 8.53. The van der Waals surface area contributed by atoms with Gasteiger partial charge in [0.25, 0.3) is 0 Å². The molecule has 3 amide bonds. The predicted molar refractivity (Wildman–Crippen MR) is 155 cm³/mol. The lowest BCUT2D eigenvalue weighted by Crippen LogP contribution is -2.53. The molecule has 3 heterocycles. The maximum atomic E-state index is 13.4. The summed E-state index contributed by atoms with van der Waals surface area (Å²) >= 11 is 0. The van der Waals surface area contributed by atoms with E-state index in [1.807, 2.05) is 62.1 Å². The molecule has 0 atom stereocenters. The number of urea groups is 1. The van der Waals surface area contributed by atoms with Crippen molar-refractivity contribution in [1.29, 1.82) is 0 Å². The Bertz CT molecular complexity index is 1100. The van der Waals surface area contributed by atoms with Crippen LogP contribution in [-0.2, 0) is 9.53 Å². The summed E-state index contributed by atoms with van der Waals surface area (Å²) in [5.41, 5.74) is 1.38. The van der Waals surface area contributed by atoms with Gasteiger partial charge in [0.2, 0.25) is 5.91 Å². The number of hydrogen-bond acceptors (Lipinski definition) is 8. The second-order valence-corrected chi connectivity index (χ2v) is 11.3. The minimum absolute atomic E-state index is 0.0335. The van der Waals surface area contributed by atoms with Crippen molar-refractivity contribution in [2.24, 2.45) is 0 Å². The number of aromatic nitrogens is 2. The Morgan fingerprint density at radius 1 is 0.975 bits per heavy atom. The molecular weight excluding hydrogens is 510 g/mol. The number of nitrogens with one attached hydrogen (secondary N) is 1. The number of carbonyl (C=O) groups excluding carboxylic acids is 2. The van der Waals surface area contributed by atoms with Gasteiger partial charge in [0.05, 0.1) is 26.0 Å². The zero-order valence-corrected chi connectivity index (χ0v) is 24.3. The van der Waals surface area contributed by atoms with Gasteiger partial charge >= 0.3 is 6.03 Å². The lowest BCUT2D eigenvalue weighted by Gasteiger charge is -2.33. The fourth-order valence-electron chi connectivity index (χ4n) is 4.81. The van der Waals surface area contributed by atoms with Crippen LogP contribution in [0.15, 0.2) is 36.4 Å². The molecule has 40 heavy (non-hydrogen) atoms. The number of nitrogens with zero attached hydrogens (tertiary/aromatic N) is 6. The number of anilines is 1. The average molecular weight is 554 g/mol. The largest absolute Gasteiger partial charge is 0.497 e. The predicted octanol–water partition coefficient (Wildman–Crippen LogP) is 2.33. The minimum Gasteiger partial charge on any atom is -0.497 e. The van der Waals surface area contributed by atoms with E-state index >= 15 is 0 Å². The molecule has 1 aromatic carbocycles. The fraction of sp³-hybridized carbons (Fsp3) is 0.586. The Kier molecular flexibility index (Phi) is 10.2. The zero-order chi connectivity index (χ0) is 28.5. The summed E-state index contributed by atoms with van der Waals surface area (Å²) in [6.07, 6.45) is 0.815. The van der Waals surface area contributed by atoms with Crippen molar-refractivity contribution in [3.8, 4) is 17.0 Å². The molecule has 2 aromatic rings. The molecule has 0 bridgehead atoms. The Labute approximate surface area is 237 Å². The van der Waals surface area contributed by atoms with Crippen LogP contribution in [0.5, 0.6) is 5.75 Å². The summed E-state index contributed by atoms with van der Waals surface area (Å²) in [6.45, 7) is 12.8. The summed E-state index contributed by atoms with van der Waals surface area (Å²) < 4.78 is 10.7. The second-order valence-electron chi connectivity index (χ2n) is 11.3. The number of benzene rings is 1. The second kappa shape index (κ2) is 13.8. The van der Waals surface area contributed by atoms with Crippen molar-refractivity contribution >= 4 is 17.8 Å². The lowest BCUT2D eigenvalue weighted by atomic mass is 10.1. The number of rotatable bonds is 8. The van der Waals surface area contributed by atoms with Crippen LogP contribution in [0.2, 0.25) is 0 Å². The molecule has 2 aliphatic heterocycles. The molecule has 11 heteroatoms. The summed E-state index contributed by atoms with van der Waals surface area (Å²) in [5.74, 6) is 1.56. The molecule has 1 aromatic heterocycles. The van der Waals surface area contributed by atoms with Gasteiger partial charge < -0.3 is 29.5 Å². The van der Waals surface area contributed by atoms with E-state index in [0.29, 0.717) is 45.9 Å². The maximum absolute atomic E-state index is 13.4. The van der Waals surface area contributed by atoms with E-state index in [4.69, 9.17) is 9.47 Å². The molecule has 0 aliphatic carbocycles. The van der Waals surface area contributed by atoms with Crippen LogP contribution in [0.3, 0.4) is 0 Å². The standard InChI is InChI=1S/C29H43N7O4/c1-29(2,3)30-28(38)36(15-14-33-18-20-40-21-19-33)22-27(37)35-13-5-12-34(16-17-35)26-11-10-25(31-32-26)23-6-8-24(39-4)9-7-23/h6-11H,5,12-22H2,1-4H3,(H,30,38). The SMILES string of the molecule is COc1ccc(-c2ccc(N3CCCN(C(=O)CN(CCN4CCOCC4)C(=O)NC(C)(C)C)CC3)nn2)cc1. The third-order valence-corrected chi connectivity index (χ3v) is 7.09.